The summed E-state index contributed by atoms with van der Waals surface area (Å²) in [6, 6.07) is 3.95. The number of anilines is 2. The second-order valence-electron chi connectivity index (χ2n) is 9.06. The molecule has 4 aromatic heterocycles. The van der Waals surface area contributed by atoms with E-state index >= 15 is 0 Å². The van der Waals surface area contributed by atoms with E-state index < -0.39 is 0 Å². The summed E-state index contributed by atoms with van der Waals surface area (Å²) in [6.07, 6.45) is 7.73. The highest BCUT2D eigenvalue weighted by atomic mass is 32.1. The number of pyridine rings is 1. The number of thiophene rings is 1. The third-order valence-electron chi connectivity index (χ3n) is 6.98. The average Bonchev–Trinajstić information content (AvgIpc) is 3.47. The normalized spacial score (nSPS) is 18.9. The standard InChI is InChI=1S/C24H27N7O2S/c1-29-7-9-30(10-8-29)24(32)15-3-4-17-20(11-15)34-23-21(17)22(25-14-26-23)28-18-12-16-5-6-27-31(16)13-19(18)33-2/h5-6,12-15H,3-4,7-11H2,1-2H3,(H,25,26,28). The lowest BCUT2D eigenvalue weighted by Gasteiger charge is -2.35. The van der Waals surface area contributed by atoms with Crippen molar-refractivity contribution in [1.82, 2.24) is 29.4 Å². The molecule has 10 heteroatoms. The molecule has 1 aliphatic carbocycles. The predicted octanol–water partition coefficient (Wildman–Crippen LogP) is 2.97. The predicted molar refractivity (Wildman–Crippen MR) is 132 cm³/mol. The summed E-state index contributed by atoms with van der Waals surface area (Å²) in [5.74, 6) is 1.82. The minimum Gasteiger partial charge on any atom is -0.493 e. The van der Waals surface area contributed by atoms with Crippen LogP contribution < -0.4 is 10.1 Å². The number of fused-ring (bicyclic) bond motifs is 4. The van der Waals surface area contributed by atoms with E-state index in [1.54, 1.807) is 35.5 Å². The van der Waals surface area contributed by atoms with Gasteiger partial charge in [0.25, 0.3) is 0 Å². The van der Waals surface area contributed by atoms with Gasteiger partial charge in [-0.15, -0.1) is 11.3 Å². The number of likely N-dealkylation sites (N-methyl/N-ethyl adjacent to an activating group) is 1. The molecule has 176 valence electrons. The zero-order valence-electron chi connectivity index (χ0n) is 19.3. The Morgan fingerprint density at radius 2 is 2.09 bits per heavy atom. The van der Waals surface area contributed by atoms with E-state index in [2.05, 4.69) is 37.2 Å². The summed E-state index contributed by atoms with van der Waals surface area (Å²) in [5, 5.41) is 8.83. The van der Waals surface area contributed by atoms with Crippen molar-refractivity contribution in [3.8, 4) is 5.75 Å². The smallest absolute Gasteiger partial charge is 0.226 e. The molecular weight excluding hydrogens is 450 g/mol. The molecule has 0 spiro atoms. The number of aryl methyl sites for hydroxylation is 1. The molecule has 1 saturated heterocycles. The maximum Gasteiger partial charge on any atom is 0.226 e. The molecule has 6 rings (SSSR count). The lowest BCUT2D eigenvalue weighted by atomic mass is 9.86. The fourth-order valence-corrected chi connectivity index (χ4v) is 6.30. The fraction of sp³-hybridized carbons (Fsp3) is 0.417. The van der Waals surface area contributed by atoms with Crippen LogP contribution in [0, 0.1) is 5.92 Å². The van der Waals surface area contributed by atoms with E-state index in [9.17, 15) is 4.79 Å². The number of nitrogens with one attached hydrogen (secondary N) is 1. The summed E-state index contributed by atoms with van der Waals surface area (Å²) < 4.78 is 7.38. The highest BCUT2D eigenvalue weighted by Crippen LogP contribution is 2.41. The van der Waals surface area contributed by atoms with Crippen LogP contribution in [0.2, 0.25) is 0 Å². The second kappa shape index (κ2) is 8.52. The number of aromatic nitrogens is 4. The Morgan fingerprint density at radius 3 is 2.91 bits per heavy atom. The molecule has 0 aromatic carbocycles. The van der Waals surface area contributed by atoms with Gasteiger partial charge in [-0.1, -0.05) is 0 Å². The van der Waals surface area contributed by atoms with Crippen molar-refractivity contribution in [2.75, 3.05) is 45.7 Å². The van der Waals surface area contributed by atoms with Crippen LogP contribution in [0.1, 0.15) is 16.9 Å². The largest absolute Gasteiger partial charge is 0.493 e. The van der Waals surface area contributed by atoms with E-state index in [1.165, 1.54) is 10.4 Å². The Kier molecular flexibility index (Phi) is 5.34. The molecule has 2 aliphatic rings. The molecule has 9 nitrogen and oxygen atoms in total. The third-order valence-corrected chi connectivity index (χ3v) is 8.14. The Balaban J connectivity index is 1.30. The molecule has 0 bridgehead atoms. The fourth-order valence-electron chi connectivity index (χ4n) is 5.04. The van der Waals surface area contributed by atoms with E-state index in [-0.39, 0.29) is 5.92 Å². The van der Waals surface area contributed by atoms with Gasteiger partial charge in [0, 0.05) is 43.2 Å². The summed E-state index contributed by atoms with van der Waals surface area (Å²) >= 11 is 1.69. The number of carbonyl (C=O) groups is 1. The van der Waals surface area contributed by atoms with E-state index in [0.717, 1.165) is 72.7 Å². The van der Waals surface area contributed by atoms with Crippen molar-refractivity contribution in [2.45, 2.75) is 19.3 Å². The lowest BCUT2D eigenvalue weighted by Crippen LogP contribution is -2.49. The zero-order chi connectivity index (χ0) is 23.2. The maximum atomic E-state index is 13.2. The first-order valence-corrected chi connectivity index (χ1v) is 12.4. The molecule has 0 saturated carbocycles. The zero-order valence-corrected chi connectivity index (χ0v) is 20.1. The average molecular weight is 478 g/mol. The van der Waals surface area contributed by atoms with Gasteiger partial charge in [-0.05, 0) is 44.0 Å². The number of ether oxygens (including phenoxy) is 1. The molecule has 1 unspecified atom stereocenters. The quantitative estimate of drug-likeness (QED) is 0.483. The highest BCUT2D eigenvalue weighted by molar-refractivity contribution is 7.19. The Labute approximate surface area is 201 Å². The molecule has 5 heterocycles. The van der Waals surface area contributed by atoms with Crippen LogP contribution in [0.5, 0.6) is 5.75 Å². The highest BCUT2D eigenvalue weighted by Gasteiger charge is 2.32. The second-order valence-corrected chi connectivity index (χ2v) is 10.1. The lowest BCUT2D eigenvalue weighted by molar-refractivity contribution is -0.137. The van der Waals surface area contributed by atoms with Crippen LogP contribution in [0.4, 0.5) is 11.5 Å². The number of methoxy groups -OCH3 is 1. The van der Waals surface area contributed by atoms with Gasteiger partial charge in [0.05, 0.1) is 29.9 Å². The number of rotatable bonds is 4. The monoisotopic (exact) mass is 477 g/mol. The van der Waals surface area contributed by atoms with Gasteiger partial charge < -0.3 is 19.9 Å². The number of carbonyl (C=O) groups excluding carboxylic acids is 1. The summed E-state index contributed by atoms with van der Waals surface area (Å²) in [4.78, 5) is 28.9. The Bertz CT molecular complexity index is 1370. The van der Waals surface area contributed by atoms with Crippen molar-refractivity contribution < 1.29 is 9.53 Å². The van der Waals surface area contributed by atoms with Crippen LogP contribution >= 0.6 is 11.3 Å². The van der Waals surface area contributed by atoms with E-state index in [4.69, 9.17) is 4.74 Å². The minimum atomic E-state index is 0.0534. The molecule has 1 amide bonds. The summed E-state index contributed by atoms with van der Waals surface area (Å²) in [7, 11) is 3.76. The Hall–Kier alpha value is -3.24. The molecule has 1 atom stereocenters. The number of nitrogens with zero attached hydrogens (tertiary/aromatic N) is 6. The molecule has 4 aromatic rings. The van der Waals surface area contributed by atoms with Gasteiger partial charge in [-0.3, -0.25) is 4.79 Å². The van der Waals surface area contributed by atoms with E-state index in [0.29, 0.717) is 11.7 Å². The van der Waals surface area contributed by atoms with Crippen LogP contribution in [0.25, 0.3) is 15.7 Å². The molecule has 1 N–H and O–H groups in total. The molecule has 1 aliphatic heterocycles. The number of hydrogen-bond donors (Lipinski definition) is 1. The van der Waals surface area contributed by atoms with Crippen LogP contribution in [-0.2, 0) is 17.6 Å². The van der Waals surface area contributed by atoms with Crippen LogP contribution in [0.15, 0.2) is 30.9 Å². The van der Waals surface area contributed by atoms with Crippen LogP contribution in [0.3, 0.4) is 0 Å². The maximum absolute atomic E-state index is 13.2. The van der Waals surface area contributed by atoms with Gasteiger partial charge in [-0.2, -0.15) is 5.10 Å². The van der Waals surface area contributed by atoms with Crippen molar-refractivity contribution >= 4 is 44.5 Å². The molecule has 34 heavy (non-hydrogen) atoms. The summed E-state index contributed by atoms with van der Waals surface area (Å²) in [5.41, 5.74) is 3.07. The Morgan fingerprint density at radius 1 is 1.24 bits per heavy atom. The number of piperazine rings is 1. The first-order chi connectivity index (χ1) is 16.6. The van der Waals surface area contributed by atoms with Gasteiger partial charge in [0.15, 0.2) is 5.75 Å². The number of hydrogen-bond acceptors (Lipinski definition) is 8. The van der Waals surface area contributed by atoms with Gasteiger partial charge in [0.1, 0.15) is 17.0 Å². The van der Waals surface area contributed by atoms with Gasteiger partial charge in [0.2, 0.25) is 5.91 Å². The minimum absolute atomic E-state index is 0.0534. The topological polar surface area (TPSA) is 87.9 Å². The molecular formula is C24H27N7O2S. The van der Waals surface area contributed by atoms with E-state index in [1.807, 2.05) is 18.3 Å². The number of amides is 1. The van der Waals surface area contributed by atoms with Gasteiger partial charge in [-0.25, -0.2) is 14.5 Å². The van der Waals surface area contributed by atoms with Crippen molar-refractivity contribution in [3.05, 3.63) is 41.3 Å². The van der Waals surface area contributed by atoms with Gasteiger partial charge >= 0.3 is 0 Å². The molecule has 1 fully saturated rings. The first-order valence-electron chi connectivity index (χ1n) is 11.6. The van der Waals surface area contributed by atoms with Crippen molar-refractivity contribution in [3.63, 3.8) is 0 Å². The van der Waals surface area contributed by atoms with Crippen molar-refractivity contribution in [1.29, 1.82) is 0 Å². The molecule has 0 radical (unpaired) electrons. The summed E-state index contributed by atoms with van der Waals surface area (Å²) in [6.45, 7) is 3.56. The SMILES string of the molecule is COc1cn2nccc2cc1Nc1ncnc2sc3c(c12)CCC(C(=O)N1CCN(C)CC1)C3. The van der Waals surface area contributed by atoms with Crippen molar-refractivity contribution in [2.24, 2.45) is 5.92 Å². The third kappa shape index (κ3) is 3.67. The van der Waals surface area contributed by atoms with Crippen LogP contribution in [-0.4, -0.2) is 75.6 Å². The first kappa shape index (κ1) is 21.3.